The summed E-state index contributed by atoms with van der Waals surface area (Å²) < 4.78 is 6.26. The van der Waals surface area contributed by atoms with Gasteiger partial charge >= 0.3 is 0 Å². The molecule has 21 heavy (non-hydrogen) atoms. The molecule has 0 unspecified atom stereocenters. The molecule has 1 aromatic heterocycles. The highest BCUT2D eigenvalue weighted by Gasteiger charge is 2.05. The van der Waals surface area contributed by atoms with Crippen molar-refractivity contribution in [2.24, 2.45) is 5.10 Å². The summed E-state index contributed by atoms with van der Waals surface area (Å²) in [6, 6.07) is 9.64. The van der Waals surface area contributed by atoms with Gasteiger partial charge in [-0.2, -0.15) is 5.10 Å². The molecule has 1 aromatic carbocycles. The average molecular weight is 367 g/mol. The smallest absolute Gasteiger partial charge is 0.277 e. The minimum Gasteiger partial charge on any atom is -0.483 e. The number of benzene rings is 1. The molecule has 1 N–H and O–H groups in total. The quantitative estimate of drug-likeness (QED) is 0.648. The molecule has 0 aliphatic carbocycles. The molecule has 0 saturated heterocycles. The van der Waals surface area contributed by atoms with E-state index in [-0.39, 0.29) is 12.5 Å². The third-order valence-electron chi connectivity index (χ3n) is 2.59. The molecule has 1 amide bonds. The van der Waals surface area contributed by atoms with E-state index in [4.69, 9.17) is 4.74 Å². The highest BCUT2D eigenvalue weighted by molar-refractivity contribution is 9.10. The largest absolute Gasteiger partial charge is 0.483 e. The summed E-state index contributed by atoms with van der Waals surface area (Å²) in [6.07, 6.45) is 1.62. The van der Waals surface area contributed by atoms with Crippen LogP contribution in [0.5, 0.6) is 5.75 Å². The molecule has 0 spiro atoms. The summed E-state index contributed by atoms with van der Waals surface area (Å²) in [5.74, 6) is 0.334. The first-order valence-electron chi connectivity index (χ1n) is 6.32. The molecule has 2 rings (SSSR count). The van der Waals surface area contributed by atoms with E-state index in [1.807, 2.05) is 44.2 Å². The molecule has 0 fully saturated rings. The molecule has 0 bridgehead atoms. The van der Waals surface area contributed by atoms with Gasteiger partial charge < -0.3 is 4.74 Å². The number of nitrogens with zero attached hydrogens (tertiary/aromatic N) is 1. The molecule has 0 saturated carbocycles. The van der Waals surface area contributed by atoms with Crippen LogP contribution in [-0.4, -0.2) is 18.7 Å². The zero-order valence-electron chi connectivity index (χ0n) is 11.7. The Labute approximate surface area is 136 Å². The third kappa shape index (κ3) is 4.99. The number of halogens is 1. The van der Waals surface area contributed by atoms with Crippen LogP contribution < -0.4 is 10.2 Å². The highest BCUT2D eigenvalue weighted by Crippen LogP contribution is 2.25. The minimum absolute atomic E-state index is 0.0809. The fourth-order valence-corrected chi connectivity index (χ4v) is 2.95. The van der Waals surface area contributed by atoms with Crippen LogP contribution in [-0.2, 0) is 4.79 Å². The maximum Gasteiger partial charge on any atom is 0.277 e. The second-order valence-corrected chi connectivity index (χ2v) is 6.64. The van der Waals surface area contributed by atoms with Crippen molar-refractivity contribution in [3.05, 3.63) is 50.1 Å². The van der Waals surface area contributed by atoms with E-state index >= 15 is 0 Å². The van der Waals surface area contributed by atoms with Crippen molar-refractivity contribution in [2.45, 2.75) is 13.8 Å². The second-order valence-electron chi connectivity index (χ2n) is 4.46. The highest BCUT2D eigenvalue weighted by atomic mass is 79.9. The van der Waals surface area contributed by atoms with E-state index in [2.05, 4.69) is 26.5 Å². The van der Waals surface area contributed by atoms with Gasteiger partial charge in [0.1, 0.15) is 5.75 Å². The summed E-state index contributed by atoms with van der Waals surface area (Å²) in [6.45, 7) is 3.93. The van der Waals surface area contributed by atoms with Gasteiger partial charge in [0.25, 0.3) is 5.91 Å². The summed E-state index contributed by atoms with van der Waals surface area (Å²) in [7, 11) is 0. The number of carbonyl (C=O) groups is 1. The van der Waals surface area contributed by atoms with Crippen LogP contribution in [0.4, 0.5) is 0 Å². The molecule has 1 heterocycles. The van der Waals surface area contributed by atoms with E-state index in [1.165, 1.54) is 4.88 Å². The Bertz CT molecular complexity index is 667. The van der Waals surface area contributed by atoms with Crippen molar-refractivity contribution >= 4 is 39.4 Å². The van der Waals surface area contributed by atoms with Crippen molar-refractivity contribution in [3.63, 3.8) is 0 Å². The molecular formula is C15H15BrN2O2S. The van der Waals surface area contributed by atoms with Crippen LogP contribution in [0.3, 0.4) is 0 Å². The van der Waals surface area contributed by atoms with Gasteiger partial charge in [0.15, 0.2) is 6.61 Å². The summed E-state index contributed by atoms with van der Waals surface area (Å²) >= 11 is 5.01. The number of nitrogens with one attached hydrogen (secondary N) is 1. The lowest BCUT2D eigenvalue weighted by Crippen LogP contribution is -2.24. The van der Waals surface area contributed by atoms with Crippen LogP contribution in [0.2, 0.25) is 0 Å². The summed E-state index contributed by atoms with van der Waals surface area (Å²) in [4.78, 5) is 13.8. The first-order chi connectivity index (χ1) is 10.0. The molecule has 0 radical (unpaired) electrons. The fraction of sp³-hybridized carbons (Fsp3) is 0.200. The summed E-state index contributed by atoms with van der Waals surface area (Å²) in [5.41, 5.74) is 3.56. The number of hydrogen-bond acceptors (Lipinski definition) is 4. The van der Waals surface area contributed by atoms with Crippen molar-refractivity contribution in [2.75, 3.05) is 6.61 Å². The topological polar surface area (TPSA) is 50.7 Å². The molecule has 0 aliphatic rings. The Hall–Kier alpha value is -1.66. The van der Waals surface area contributed by atoms with Crippen LogP contribution in [0.25, 0.3) is 0 Å². The van der Waals surface area contributed by atoms with Crippen molar-refractivity contribution in [1.29, 1.82) is 0 Å². The van der Waals surface area contributed by atoms with E-state index < -0.39 is 0 Å². The molecule has 0 atom stereocenters. The van der Waals surface area contributed by atoms with E-state index in [0.717, 1.165) is 14.9 Å². The van der Waals surface area contributed by atoms with Gasteiger partial charge in [-0.15, -0.1) is 11.3 Å². The lowest BCUT2D eigenvalue weighted by atomic mass is 10.2. The Balaban J connectivity index is 1.81. The molecule has 4 nitrogen and oxygen atoms in total. The van der Waals surface area contributed by atoms with Gasteiger partial charge in [-0.25, -0.2) is 5.43 Å². The first-order valence-corrected chi connectivity index (χ1v) is 7.93. The van der Waals surface area contributed by atoms with Crippen LogP contribution in [0.1, 0.15) is 15.3 Å². The molecule has 110 valence electrons. The Morgan fingerprint density at radius 2 is 2.19 bits per heavy atom. The normalized spacial score (nSPS) is 10.8. The van der Waals surface area contributed by atoms with Gasteiger partial charge in [-0.05, 0) is 59.6 Å². The number of hydrogen-bond donors (Lipinski definition) is 1. The zero-order valence-corrected chi connectivity index (χ0v) is 14.1. The maximum absolute atomic E-state index is 11.6. The van der Waals surface area contributed by atoms with Gasteiger partial charge in [-0.3, -0.25) is 4.79 Å². The predicted octanol–water partition coefficient (Wildman–Crippen LogP) is 3.66. The zero-order chi connectivity index (χ0) is 15.2. The van der Waals surface area contributed by atoms with Crippen LogP contribution >= 0.6 is 27.3 Å². The van der Waals surface area contributed by atoms with Gasteiger partial charge in [0, 0.05) is 9.75 Å². The average Bonchev–Trinajstić information content (AvgIpc) is 2.83. The van der Waals surface area contributed by atoms with Crippen molar-refractivity contribution in [3.8, 4) is 5.75 Å². The second kappa shape index (κ2) is 7.38. The first kappa shape index (κ1) is 15.7. The number of hydrazone groups is 1. The van der Waals surface area contributed by atoms with E-state index in [9.17, 15) is 4.79 Å². The Kier molecular flexibility index (Phi) is 5.52. The molecule has 6 heteroatoms. The van der Waals surface area contributed by atoms with Crippen molar-refractivity contribution in [1.82, 2.24) is 5.43 Å². The molecule has 2 aromatic rings. The van der Waals surface area contributed by atoms with Gasteiger partial charge in [0.05, 0.1) is 10.7 Å². The van der Waals surface area contributed by atoms with E-state index in [1.54, 1.807) is 17.6 Å². The number of ether oxygens (including phenoxy) is 1. The summed E-state index contributed by atoms with van der Waals surface area (Å²) in [5, 5.41) is 3.90. The Morgan fingerprint density at radius 1 is 1.38 bits per heavy atom. The SMILES string of the molecule is Cc1ccc(OCC(=O)N/N=C/c2ccc(C)s2)c(Br)c1. The molecular weight excluding hydrogens is 352 g/mol. The predicted molar refractivity (Wildman–Crippen MR) is 89.2 cm³/mol. The number of amides is 1. The maximum atomic E-state index is 11.6. The van der Waals surface area contributed by atoms with E-state index in [0.29, 0.717) is 5.75 Å². The molecule has 0 aliphatic heterocycles. The standard InChI is InChI=1S/C15H15BrN2O2S/c1-10-3-6-14(13(16)7-10)20-9-15(19)18-17-8-12-5-4-11(2)21-12/h3-8H,9H2,1-2H3,(H,18,19)/b17-8+. The van der Waals surface area contributed by atoms with Crippen LogP contribution in [0, 0.1) is 13.8 Å². The fourth-order valence-electron chi connectivity index (χ4n) is 1.59. The number of carbonyl (C=O) groups excluding carboxylic acids is 1. The lowest BCUT2D eigenvalue weighted by molar-refractivity contribution is -0.123. The van der Waals surface area contributed by atoms with Gasteiger partial charge in [-0.1, -0.05) is 6.07 Å². The van der Waals surface area contributed by atoms with Crippen LogP contribution in [0.15, 0.2) is 39.9 Å². The minimum atomic E-state index is -0.299. The number of rotatable bonds is 5. The van der Waals surface area contributed by atoms with Crippen molar-refractivity contribution < 1.29 is 9.53 Å². The number of thiophene rings is 1. The van der Waals surface area contributed by atoms with Gasteiger partial charge in [0.2, 0.25) is 0 Å². The Morgan fingerprint density at radius 3 is 2.86 bits per heavy atom. The monoisotopic (exact) mass is 366 g/mol. The lowest BCUT2D eigenvalue weighted by Gasteiger charge is -2.07. The third-order valence-corrected chi connectivity index (χ3v) is 4.14. The number of aryl methyl sites for hydroxylation is 2.